The van der Waals surface area contributed by atoms with Gasteiger partial charge in [0.2, 0.25) is 70.9 Å². The molecule has 1 spiro atoms. The Morgan fingerprint density at radius 2 is 1.33 bits per heavy atom. The lowest BCUT2D eigenvalue weighted by Crippen LogP contribution is -2.68. The molecule has 0 aromatic heterocycles. The van der Waals surface area contributed by atoms with E-state index in [4.69, 9.17) is 9.47 Å². The molecule has 6 heterocycles. The quantitative estimate of drug-likeness (QED) is 0.199. The molecule has 2 saturated carbocycles. The molecule has 6 aliphatic heterocycles. The van der Waals surface area contributed by atoms with Gasteiger partial charge < -0.3 is 69.5 Å². The molecular formula is C77H111F3N12O14. The molecule has 3 fully saturated rings. The number of benzene rings is 2. The number of ether oxygens (including phenoxy) is 2. The molecule has 12 amide bonds. The number of hydrogen-bond donors (Lipinski definition) is 3. The van der Waals surface area contributed by atoms with E-state index >= 15 is 38.4 Å². The first-order valence-corrected chi connectivity index (χ1v) is 37.7. The number of rotatable bonds is 11. The van der Waals surface area contributed by atoms with Gasteiger partial charge in [0.15, 0.2) is 0 Å². The fourth-order valence-electron chi connectivity index (χ4n) is 15.7. The first-order chi connectivity index (χ1) is 50.3. The number of nitrogens with zero attached hydrogens (tertiary/aromatic N) is 9. The summed E-state index contributed by atoms with van der Waals surface area (Å²) in [7, 11) is 11.2. The molecule has 10 rings (SSSR count). The van der Waals surface area contributed by atoms with Crippen LogP contribution in [0.4, 0.5) is 13.2 Å². The van der Waals surface area contributed by atoms with E-state index in [2.05, 4.69) is 16.0 Å². The maximum atomic E-state index is 15.7. The van der Waals surface area contributed by atoms with Gasteiger partial charge in [-0.05, 0) is 132 Å². The molecule has 584 valence electrons. The number of fused-ring (bicyclic) bond motifs is 22. The van der Waals surface area contributed by atoms with Crippen LogP contribution in [-0.2, 0) is 87.7 Å². The van der Waals surface area contributed by atoms with Crippen LogP contribution < -0.4 is 20.7 Å². The monoisotopic (exact) mass is 1480 g/mol. The van der Waals surface area contributed by atoms with Gasteiger partial charge in [0.1, 0.15) is 59.6 Å². The second-order valence-corrected chi connectivity index (χ2v) is 29.8. The van der Waals surface area contributed by atoms with Crippen LogP contribution in [0.5, 0.6) is 5.75 Å². The number of likely N-dealkylation sites (N-methyl/N-ethyl adjacent to an activating group) is 7. The van der Waals surface area contributed by atoms with Crippen molar-refractivity contribution in [3.05, 3.63) is 76.9 Å². The molecule has 29 heteroatoms. The van der Waals surface area contributed by atoms with E-state index in [1.54, 1.807) is 26.8 Å². The zero-order chi connectivity index (χ0) is 77.6. The van der Waals surface area contributed by atoms with Crippen molar-refractivity contribution in [3.63, 3.8) is 0 Å². The smallest absolute Gasteiger partial charge is 0.419 e. The third-order valence-corrected chi connectivity index (χ3v) is 22.8. The van der Waals surface area contributed by atoms with Gasteiger partial charge in [0, 0.05) is 88.4 Å². The number of halogens is 3. The minimum absolute atomic E-state index is 0.00390. The summed E-state index contributed by atoms with van der Waals surface area (Å²) >= 11 is 0. The van der Waals surface area contributed by atoms with E-state index in [0.717, 1.165) is 36.5 Å². The van der Waals surface area contributed by atoms with Crippen LogP contribution in [0.3, 0.4) is 0 Å². The van der Waals surface area contributed by atoms with E-state index in [9.17, 15) is 32.3 Å². The number of amides is 12. The van der Waals surface area contributed by atoms with Crippen molar-refractivity contribution in [1.29, 1.82) is 0 Å². The lowest BCUT2D eigenvalue weighted by Gasteiger charge is -2.46. The molecule has 2 aromatic carbocycles. The van der Waals surface area contributed by atoms with Crippen LogP contribution in [0.1, 0.15) is 159 Å². The predicted octanol–water partition coefficient (Wildman–Crippen LogP) is 4.91. The Balaban J connectivity index is 1.26. The summed E-state index contributed by atoms with van der Waals surface area (Å²) in [4.78, 5) is 194. The molecule has 8 aliphatic rings. The number of carbonyl (C=O) groups is 12. The highest BCUT2D eigenvalue weighted by Crippen LogP contribution is 2.40. The normalized spacial score (nSPS) is 26.9. The molecule has 106 heavy (non-hydrogen) atoms. The minimum atomic E-state index is -4.78. The number of alkyl halides is 3. The highest BCUT2D eigenvalue weighted by Gasteiger charge is 2.54. The maximum absolute atomic E-state index is 15.7. The van der Waals surface area contributed by atoms with Crippen molar-refractivity contribution in [1.82, 2.24) is 60.0 Å². The molecule has 0 unspecified atom stereocenters. The summed E-state index contributed by atoms with van der Waals surface area (Å²) in [6.45, 7) is 6.00. The molecule has 6 bridgehead atoms. The molecule has 1 saturated heterocycles. The lowest BCUT2D eigenvalue weighted by atomic mass is 9.74. The highest BCUT2D eigenvalue weighted by molar-refractivity contribution is 6.01. The van der Waals surface area contributed by atoms with Gasteiger partial charge in [-0.1, -0.05) is 88.4 Å². The van der Waals surface area contributed by atoms with Gasteiger partial charge in [0.25, 0.3) is 0 Å². The Morgan fingerprint density at radius 1 is 0.670 bits per heavy atom. The second-order valence-electron chi connectivity index (χ2n) is 29.8. The fraction of sp³-hybridized carbons (Fsp3) is 0.662. The van der Waals surface area contributed by atoms with Gasteiger partial charge in [0.05, 0.1) is 38.3 Å². The molecule has 3 N–H and O–H groups in total. The van der Waals surface area contributed by atoms with Crippen LogP contribution in [-0.4, -0.2) is 271 Å². The summed E-state index contributed by atoms with van der Waals surface area (Å²) in [5.41, 5.74) is -0.799. The Labute approximate surface area is 621 Å². The van der Waals surface area contributed by atoms with Crippen LogP contribution in [0.25, 0.3) is 0 Å². The summed E-state index contributed by atoms with van der Waals surface area (Å²) in [6, 6.07) is 0.261. The van der Waals surface area contributed by atoms with E-state index in [0.29, 0.717) is 68.9 Å². The average Bonchev–Trinajstić information content (AvgIpc) is 1.15. The summed E-state index contributed by atoms with van der Waals surface area (Å²) in [5, 5.41) is 8.78. The third kappa shape index (κ3) is 19.6. The van der Waals surface area contributed by atoms with Crippen LogP contribution in [0, 0.1) is 11.8 Å². The molecular weight excluding hydrogens is 1370 g/mol. The van der Waals surface area contributed by atoms with Gasteiger partial charge in [-0.2, -0.15) is 13.2 Å². The molecule has 0 radical (unpaired) electrons. The van der Waals surface area contributed by atoms with Gasteiger partial charge in [-0.3, -0.25) is 57.5 Å². The van der Waals surface area contributed by atoms with Crippen LogP contribution in [0.15, 0.2) is 54.6 Å². The van der Waals surface area contributed by atoms with Crippen molar-refractivity contribution < 1.29 is 80.2 Å². The predicted molar refractivity (Wildman–Crippen MR) is 387 cm³/mol. The summed E-state index contributed by atoms with van der Waals surface area (Å²) in [6.07, 6.45) is 3.20. The first kappa shape index (κ1) is 83.0. The number of aryl methyl sites for hydroxylation is 2. The third-order valence-electron chi connectivity index (χ3n) is 22.8. The fourth-order valence-corrected chi connectivity index (χ4v) is 15.7. The molecule has 2 aromatic rings. The number of nitrogens with one attached hydrogen (secondary N) is 3. The Kier molecular flexibility index (Phi) is 28.8. The largest absolute Gasteiger partial charge is 0.496 e. The highest BCUT2D eigenvalue weighted by atomic mass is 19.4. The Morgan fingerprint density at radius 3 is 1.96 bits per heavy atom. The lowest BCUT2D eigenvalue weighted by molar-refractivity contribution is -0.158. The average molecular weight is 1490 g/mol. The molecule has 2 aliphatic carbocycles. The standard InChI is InChI=1S/C77H111F3N12O14/c1-13-48(4)65-73(102)86(7)47-64(95)88(9)57-29-20-17-23-40-91(72(57)101)60-41-50-32-30-49(31-33-50)25-18-16-19-28-56(67(96)82-65)87(8)63(94)44-59(70(99)84(5)14-2)89(10)74(103)66(52-26-21-22-27-52)90(11)75(104)76(38-24-39-76)83-68(97)58-43-53(106-15-3)45-92(58)69(98)55(81-62(93)46-85(6)71(60)100)37-35-51-34-36-54(77(78,79)80)61(42-51)105-12/h17,20,30-34,36,42,48,52-53,55-60,65-66H,13-16,18-19,21-29,35,37-41,43-47H2,1-12H3,(H,81,93)(H,82,96)(H,83,97)/b20-17-/t48-,53+,55-,56-,57-,58-,59-,60-,65-,66-/m0/s1. The number of carbonyl (C=O) groups excluding carboxylic acids is 12. The number of hydrogen-bond acceptors (Lipinski definition) is 14. The number of methoxy groups -OCH3 is 1. The summed E-state index contributed by atoms with van der Waals surface area (Å²) < 4.78 is 53.8. The van der Waals surface area contributed by atoms with Gasteiger partial charge in [-0.25, -0.2) is 0 Å². The van der Waals surface area contributed by atoms with Crippen molar-refractivity contribution in [2.45, 2.75) is 222 Å². The summed E-state index contributed by atoms with van der Waals surface area (Å²) in [5.74, 6) is -9.60. The topological polar surface area (TPSA) is 289 Å². The molecule has 10 atom stereocenters. The minimum Gasteiger partial charge on any atom is -0.496 e. The first-order valence-electron chi connectivity index (χ1n) is 37.7. The van der Waals surface area contributed by atoms with E-state index in [-0.39, 0.29) is 77.6 Å². The van der Waals surface area contributed by atoms with Crippen molar-refractivity contribution in [3.8, 4) is 5.75 Å². The van der Waals surface area contributed by atoms with Gasteiger partial charge >= 0.3 is 6.18 Å². The van der Waals surface area contributed by atoms with Crippen molar-refractivity contribution >= 4 is 70.9 Å². The zero-order valence-electron chi connectivity index (χ0n) is 63.8. The van der Waals surface area contributed by atoms with Crippen LogP contribution in [0.2, 0.25) is 0 Å². The molecule has 26 nitrogen and oxygen atoms in total. The van der Waals surface area contributed by atoms with Crippen molar-refractivity contribution in [2.75, 3.05) is 95.8 Å². The van der Waals surface area contributed by atoms with E-state index in [1.165, 1.54) is 101 Å². The maximum Gasteiger partial charge on any atom is 0.419 e. The van der Waals surface area contributed by atoms with E-state index < -0.39 is 180 Å². The van der Waals surface area contributed by atoms with Crippen LogP contribution >= 0.6 is 0 Å². The van der Waals surface area contributed by atoms with E-state index in [1.807, 2.05) is 37.3 Å². The SMILES string of the molecule is CCO[C@@H]1C[C@H]2C(=O)NC3(CCC3)C(=O)N(C)[C@@H](C3CCCC3)C(=O)N(C)[C@H](C(=O)N(C)CC)CC(=O)N(C)[C@H]3CCCCCc4ccc(cc4)C[C@@H](C(=O)N(C)CC(=O)N[C@@H](CCc4ccc(C(F)(F)F)c(OC)c4)C(=O)N2C1)N1CC/C=C\C[C@@H](C1=O)N(C)C(=O)CN(C)C(=O)[C@H]([C@@H](C)CC)NC3=O. The Hall–Kier alpha value is -8.63. The van der Waals surface area contributed by atoms with Crippen molar-refractivity contribution in [2.24, 2.45) is 11.8 Å². The Bertz CT molecular complexity index is 3550. The second kappa shape index (κ2) is 36.8. The zero-order valence-corrected chi connectivity index (χ0v) is 63.8. The van der Waals surface area contributed by atoms with Gasteiger partial charge in [-0.15, -0.1) is 0 Å².